The highest BCUT2D eigenvalue weighted by molar-refractivity contribution is 7.63. The Morgan fingerprint density at radius 3 is 2.67 bits per heavy atom. The molecule has 0 saturated heterocycles. The van der Waals surface area contributed by atoms with Crippen LogP contribution in [0.15, 0.2) is 36.6 Å². The molecule has 0 radical (unpaired) electrons. The first-order valence-electron chi connectivity index (χ1n) is 9.69. The second-order valence-corrected chi connectivity index (χ2v) is 7.81. The van der Waals surface area contributed by atoms with Gasteiger partial charge in [-0.1, -0.05) is 18.2 Å². The number of rotatable bonds is 6. The van der Waals surface area contributed by atoms with Crippen LogP contribution in [0.3, 0.4) is 0 Å². The molecule has 1 fully saturated rings. The van der Waals surface area contributed by atoms with Crippen molar-refractivity contribution in [2.75, 3.05) is 5.32 Å². The SMILES string of the molecule is O=[S+]NC1CCC(Nc2ccc3ncc(C4=CC=CC(OC(F)(F)F)C4)n3n2)CC1. The van der Waals surface area contributed by atoms with Crippen molar-refractivity contribution in [1.82, 2.24) is 19.3 Å². The summed E-state index contributed by atoms with van der Waals surface area (Å²) in [6, 6.07) is 4.15. The zero-order valence-corrected chi connectivity index (χ0v) is 16.7. The van der Waals surface area contributed by atoms with Gasteiger partial charge in [-0.15, -0.1) is 18.3 Å². The molecule has 0 spiro atoms. The molecule has 2 aliphatic rings. The van der Waals surface area contributed by atoms with Gasteiger partial charge in [0.1, 0.15) is 5.82 Å². The smallest absolute Gasteiger partial charge is 0.366 e. The van der Waals surface area contributed by atoms with Crippen molar-refractivity contribution in [3.8, 4) is 0 Å². The Kier molecular flexibility index (Phi) is 6.11. The summed E-state index contributed by atoms with van der Waals surface area (Å²) in [5, 5.41) is 8.02. The predicted molar refractivity (Wildman–Crippen MR) is 107 cm³/mol. The number of allylic oxidation sites excluding steroid dienone is 2. The molecular weight excluding hydrogens is 419 g/mol. The van der Waals surface area contributed by atoms with Crippen LogP contribution in [0.1, 0.15) is 37.8 Å². The molecule has 0 amide bonds. The van der Waals surface area contributed by atoms with Gasteiger partial charge in [-0.2, -0.15) is 0 Å². The minimum atomic E-state index is -4.69. The fourth-order valence-electron chi connectivity index (χ4n) is 3.89. The van der Waals surface area contributed by atoms with Gasteiger partial charge in [0.15, 0.2) is 5.65 Å². The first-order valence-corrected chi connectivity index (χ1v) is 10.4. The van der Waals surface area contributed by atoms with E-state index in [1.54, 1.807) is 22.9 Å². The van der Waals surface area contributed by atoms with Crippen molar-refractivity contribution < 1.29 is 22.1 Å². The molecule has 0 aliphatic heterocycles. The molecule has 0 aromatic carbocycles. The maximum atomic E-state index is 12.6. The minimum absolute atomic E-state index is 0.0812. The van der Waals surface area contributed by atoms with E-state index < -0.39 is 12.5 Å². The first-order chi connectivity index (χ1) is 14.4. The van der Waals surface area contributed by atoms with Crippen LogP contribution in [0.5, 0.6) is 0 Å². The number of anilines is 1. The molecule has 7 nitrogen and oxygen atoms in total. The molecule has 160 valence electrons. The van der Waals surface area contributed by atoms with Crippen LogP contribution >= 0.6 is 0 Å². The van der Waals surface area contributed by atoms with E-state index in [0.29, 0.717) is 34.6 Å². The Bertz CT molecular complexity index is 967. The largest absolute Gasteiger partial charge is 0.587 e. The molecule has 1 unspecified atom stereocenters. The van der Waals surface area contributed by atoms with Crippen LogP contribution in [0.4, 0.5) is 19.0 Å². The molecule has 2 N–H and O–H groups in total. The van der Waals surface area contributed by atoms with E-state index in [9.17, 15) is 17.4 Å². The van der Waals surface area contributed by atoms with Gasteiger partial charge in [-0.05, 0) is 48.1 Å². The number of aromatic nitrogens is 3. The summed E-state index contributed by atoms with van der Waals surface area (Å²) in [7, 11) is 0. The number of halogens is 3. The summed E-state index contributed by atoms with van der Waals surface area (Å²) in [5.41, 5.74) is 1.92. The van der Waals surface area contributed by atoms with E-state index >= 15 is 0 Å². The summed E-state index contributed by atoms with van der Waals surface area (Å²) < 4.78 is 57.0. The second kappa shape index (κ2) is 8.78. The zero-order valence-electron chi connectivity index (χ0n) is 15.9. The second-order valence-electron chi connectivity index (χ2n) is 7.41. The van der Waals surface area contributed by atoms with Crippen molar-refractivity contribution in [2.24, 2.45) is 0 Å². The Hall–Kier alpha value is -2.37. The molecule has 2 heterocycles. The Morgan fingerprint density at radius 1 is 1.17 bits per heavy atom. The zero-order chi connectivity index (χ0) is 21.1. The van der Waals surface area contributed by atoms with Crippen LogP contribution in [0, 0.1) is 0 Å². The third-order valence-corrected chi connectivity index (χ3v) is 5.74. The number of ether oxygens (including phenoxy) is 1. The maximum absolute atomic E-state index is 12.6. The lowest BCUT2D eigenvalue weighted by atomic mass is 9.92. The van der Waals surface area contributed by atoms with Crippen molar-refractivity contribution in [3.05, 3.63) is 42.3 Å². The van der Waals surface area contributed by atoms with Gasteiger partial charge in [0, 0.05) is 12.5 Å². The van der Waals surface area contributed by atoms with E-state index in [-0.39, 0.29) is 18.5 Å². The van der Waals surface area contributed by atoms with Crippen LogP contribution in [0.25, 0.3) is 11.2 Å². The Morgan fingerprint density at radius 2 is 1.93 bits per heavy atom. The van der Waals surface area contributed by atoms with Crippen LogP contribution < -0.4 is 10.0 Å². The summed E-state index contributed by atoms with van der Waals surface area (Å²) in [5.74, 6) is 0.673. The Labute approximate surface area is 175 Å². The summed E-state index contributed by atoms with van der Waals surface area (Å²) >= 11 is 0.409. The number of hydrogen-bond donors (Lipinski definition) is 2. The standard InChI is InChI=1S/C19H21F3N5O2S/c20-19(21,22)29-15-3-1-2-12(10-15)16-11-23-18-9-8-17(25-27(16)18)24-13-4-6-14(7-5-13)26-30-28/h1-3,8-9,11,13-15H,4-7,10H2,(H,24,25)(H,26,28)/q+1. The van der Waals surface area contributed by atoms with E-state index in [4.69, 9.17) is 0 Å². The molecule has 0 bridgehead atoms. The number of hydrogen-bond acceptors (Lipinski definition) is 5. The molecule has 4 rings (SSSR count). The highest BCUT2D eigenvalue weighted by atomic mass is 32.2. The Balaban J connectivity index is 1.48. The van der Waals surface area contributed by atoms with Gasteiger partial charge in [-0.25, -0.2) is 9.50 Å². The normalized spacial score (nSPS) is 24.6. The minimum Gasteiger partial charge on any atom is -0.366 e. The van der Waals surface area contributed by atoms with E-state index in [0.717, 1.165) is 25.7 Å². The number of fused-ring (bicyclic) bond motifs is 1. The summed E-state index contributed by atoms with van der Waals surface area (Å²) in [6.07, 6.45) is 4.28. The fourth-order valence-corrected chi connectivity index (χ4v) is 4.26. The van der Waals surface area contributed by atoms with Crippen molar-refractivity contribution in [1.29, 1.82) is 0 Å². The lowest BCUT2D eigenvalue weighted by Gasteiger charge is -2.26. The third-order valence-electron chi connectivity index (χ3n) is 5.31. The number of alkyl halides is 3. The molecular formula is C19H21F3N5O2S+. The van der Waals surface area contributed by atoms with Crippen LogP contribution in [-0.4, -0.2) is 39.1 Å². The van der Waals surface area contributed by atoms with Crippen LogP contribution in [-0.2, 0) is 20.8 Å². The fraction of sp³-hybridized carbons (Fsp3) is 0.474. The third kappa shape index (κ3) is 5.02. The molecule has 1 atom stereocenters. The number of nitrogens with one attached hydrogen (secondary N) is 2. The molecule has 2 aromatic heterocycles. The number of imidazole rings is 1. The van der Waals surface area contributed by atoms with Gasteiger partial charge in [0.2, 0.25) is 0 Å². The molecule has 11 heteroatoms. The van der Waals surface area contributed by atoms with Crippen molar-refractivity contribution >= 4 is 28.9 Å². The lowest BCUT2D eigenvalue weighted by Crippen LogP contribution is -2.35. The quantitative estimate of drug-likeness (QED) is 0.530. The molecule has 1 saturated carbocycles. The highest BCUT2D eigenvalue weighted by Gasteiger charge is 2.34. The summed E-state index contributed by atoms with van der Waals surface area (Å²) in [6.45, 7) is 0. The lowest BCUT2D eigenvalue weighted by molar-refractivity contribution is -0.335. The van der Waals surface area contributed by atoms with E-state index in [1.165, 1.54) is 6.08 Å². The van der Waals surface area contributed by atoms with E-state index in [2.05, 4.69) is 24.9 Å². The maximum Gasteiger partial charge on any atom is 0.587 e. The first kappa shape index (κ1) is 20.9. The topological polar surface area (TPSA) is 80.5 Å². The van der Waals surface area contributed by atoms with Gasteiger partial charge in [-0.3, -0.25) is 4.74 Å². The monoisotopic (exact) mass is 440 g/mol. The van der Waals surface area contributed by atoms with Crippen molar-refractivity contribution in [2.45, 2.75) is 56.7 Å². The van der Waals surface area contributed by atoms with Gasteiger partial charge in [0.25, 0.3) is 0 Å². The summed E-state index contributed by atoms with van der Waals surface area (Å²) in [4.78, 5) is 4.32. The molecule has 2 aromatic rings. The highest BCUT2D eigenvalue weighted by Crippen LogP contribution is 2.30. The molecule has 30 heavy (non-hydrogen) atoms. The van der Waals surface area contributed by atoms with E-state index in [1.807, 2.05) is 12.1 Å². The predicted octanol–water partition coefficient (Wildman–Crippen LogP) is 3.63. The average molecular weight is 440 g/mol. The van der Waals surface area contributed by atoms with Crippen LogP contribution in [0.2, 0.25) is 0 Å². The van der Waals surface area contributed by atoms with Crippen molar-refractivity contribution in [3.63, 3.8) is 0 Å². The van der Waals surface area contributed by atoms with Gasteiger partial charge >= 0.3 is 18.2 Å². The average Bonchev–Trinajstić information content (AvgIpc) is 3.12. The van der Waals surface area contributed by atoms with Gasteiger partial charge < -0.3 is 5.32 Å². The number of nitrogens with zero attached hydrogens (tertiary/aromatic N) is 3. The molecule has 2 aliphatic carbocycles. The van der Waals surface area contributed by atoms with Gasteiger partial charge in [0.05, 0.1) is 28.2 Å².